The first kappa shape index (κ1) is 13.9. The van der Waals surface area contributed by atoms with E-state index in [4.69, 9.17) is 11.6 Å². The van der Waals surface area contributed by atoms with Crippen molar-refractivity contribution in [2.75, 3.05) is 5.32 Å². The number of halogens is 2. The Kier molecular flexibility index (Phi) is 3.75. The lowest BCUT2D eigenvalue weighted by Gasteiger charge is -2.10. The Hall–Kier alpha value is -1.04. The van der Waals surface area contributed by atoms with E-state index in [1.807, 2.05) is 37.6 Å². The van der Waals surface area contributed by atoms with Gasteiger partial charge in [0.25, 0.3) is 0 Å². The highest BCUT2D eigenvalue weighted by atomic mass is 79.9. The molecule has 0 spiro atoms. The van der Waals surface area contributed by atoms with Crippen molar-refractivity contribution in [1.29, 1.82) is 0 Å². The summed E-state index contributed by atoms with van der Waals surface area (Å²) in [5.74, 6) is 0. The molecule has 0 aliphatic rings. The standard InChI is InChI=1S/C14H13BrClN3S/c1-8-5-10(15)12(6-11(8)16)17-7-13-9(2)18-14-19(13)3-4-20-14/h3-6,17H,7H2,1-2H3. The molecule has 0 fully saturated rings. The van der Waals surface area contributed by atoms with E-state index in [0.717, 1.165) is 31.4 Å². The molecule has 3 rings (SSSR count). The molecule has 0 saturated heterocycles. The minimum Gasteiger partial charge on any atom is -0.378 e. The zero-order valence-electron chi connectivity index (χ0n) is 11.1. The maximum Gasteiger partial charge on any atom is 0.194 e. The van der Waals surface area contributed by atoms with Crippen molar-refractivity contribution < 1.29 is 0 Å². The number of hydrogen-bond donors (Lipinski definition) is 1. The fraction of sp³-hybridized carbons (Fsp3) is 0.214. The van der Waals surface area contributed by atoms with Crippen molar-refractivity contribution in [3.8, 4) is 0 Å². The summed E-state index contributed by atoms with van der Waals surface area (Å²) in [4.78, 5) is 5.57. The number of anilines is 1. The zero-order chi connectivity index (χ0) is 14.3. The molecule has 3 nitrogen and oxygen atoms in total. The number of aryl methyl sites for hydroxylation is 2. The van der Waals surface area contributed by atoms with Gasteiger partial charge >= 0.3 is 0 Å². The Morgan fingerprint density at radius 2 is 2.20 bits per heavy atom. The number of nitrogens with one attached hydrogen (secondary N) is 1. The Labute approximate surface area is 134 Å². The van der Waals surface area contributed by atoms with Gasteiger partial charge in [-0.1, -0.05) is 11.6 Å². The molecule has 0 atom stereocenters. The van der Waals surface area contributed by atoms with Crippen molar-refractivity contribution in [3.05, 3.63) is 50.2 Å². The first-order chi connectivity index (χ1) is 9.56. The Bertz CT molecular complexity index is 778. The second kappa shape index (κ2) is 5.39. The number of thiazole rings is 1. The van der Waals surface area contributed by atoms with Crippen LogP contribution in [0.1, 0.15) is 17.0 Å². The number of nitrogens with zero attached hydrogens (tertiary/aromatic N) is 2. The van der Waals surface area contributed by atoms with Crippen molar-refractivity contribution in [1.82, 2.24) is 9.38 Å². The van der Waals surface area contributed by atoms with E-state index in [-0.39, 0.29) is 0 Å². The van der Waals surface area contributed by atoms with Crippen LogP contribution in [0.5, 0.6) is 0 Å². The average Bonchev–Trinajstić information content (AvgIpc) is 2.93. The molecule has 20 heavy (non-hydrogen) atoms. The third-order valence-electron chi connectivity index (χ3n) is 3.26. The second-order valence-corrected chi connectivity index (χ2v) is 6.77. The number of benzene rings is 1. The molecule has 0 saturated carbocycles. The lowest BCUT2D eigenvalue weighted by atomic mass is 10.2. The van der Waals surface area contributed by atoms with Crippen LogP contribution in [0.15, 0.2) is 28.2 Å². The summed E-state index contributed by atoms with van der Waals surface area (Å²) in [5.41, 5.74) is 4.28. The summed E-state index contributed by atoms with van der Waals surface area (Å²) in [6, 6.07) is 3.97. The molecular weight excluding hydrogens is 358 g/mol. The van der Waals surface area contributed by atoms with Crippen LogP contribution in [0.4, 0.5) is 5.69 Å². The van der Waals surface area contributed by atoms with Gasteiger partial charge in [-0.2, -0.15) is 0 Å². The van der Waals surface area contributed by atoms with Crippen LogP contribution in [0.2, 0.25) is 5.02 Å². The van der Waals surface area contributed by atoms with Crippen LogP contribution in [0, 0.1) is 13.8 Å². The number of fused-ring (bicyclic) bond motifs is 1. The lowest BCUT2D eigenvalue weighted by Crippen LogP contribution is -2.04. The van der Waals surface area contributed by atoms with Gasteiger partial charge in [-0.25, -0.2) is 4.98 Å². The van der Waals surface area contributed by atoms with E-state index in [9.17, 15) is 0 Å². The largest absolute Gasteiger partial charge is 0.378 e. The molecule has 6 heteroatoms. The van der Waals surface area contributed by atoms with Gasteiger partial charge in [0.05, 0.1) is 23.6 Å². The van der Waals surface area contributed by atoms with Crippen molar-refractivity contribution in [2.45, 2.75) is 20.4 Å². The van der Waals surface area contributed by atoms with Crippen molar-refractivity contribution >= 4 is 49.5 Å². The summed E-state index contributed by atoms with van der Waals surface area (Å²) in [6.07, 6.45) is 2.05. The van der Waals surface area contributed by atoms with Crippen LogP contribution in [0.3, 0.4) is 0 Å². The fourth-order valence-corrected chi connectivity index (χ4v) is 3.65. The molecule has 0 radical (unpaired) electrons. The normalized spacial score (nSPS) is 11.2. The topological polar surface area (TPSA) is 29.3 Å². The van der Waals surface area contributed by atoms with Crippen LogP contribution in [-0.2, 0) is 6.54 Å². The highest BCUT2D eigenvalue weighted by Crippen LogP contribution is 2.29. The molecule has 3 aromatic rings. The summed E-state index contributed by atoms with van der Waals surface area (Å²) in [6.45, 7) is 4.74. The van der Waals surface area contributed by atoms with Gasteiger partial charge in [-0.3, -0.25) is 4.40 Å². The fourth-order valence-electron chi connectivity index (χ4n) is 2.11. The summed E-state index contributed by atoms with van der Waals surface area (Å²) < 4.78 is 3.14. The summed E-state index contributed by atoms with van der Waals surface area (Å²) in [5, 5.41) is 6.23. The van der Waals surface area contributed by atoms with Crippen LogP contribution >= 0.6 is 38.9 Å². The van der Waals surface area contributed by atoms with Crippen molar-refractivity contribution in [3.63, 3.8) is 0 Å². The predicted molar refractivity (Wildman–Crippen MR) is 89.0 cm³/mol. The highest BCUT2D eigenvalue weighted by molar-refractivity contribution is 9.10. The van der Waals surface area contributed by atoms with Gasteiger partial charge in [0.15, 0.2) is 4.96 Å². The van der Waals surface area contributed by atoms with Gasteiger partial charge in [0.1, 0.15) is 0 Å². The maximum absolute atomic E-state index is 6.18. The Morgan fingerprint density at radius 3 is 3.00 bits per heavy atom. The minimum atomic E-state index is 0.710. The lowest BCUT2D eigenvalue weighted by molar-refractivity contribution is 0.993. The number of imidazole rings is 1. The molecule has 2 aromatic heterocycles. The van der Waals surface area contributed by atoms with E-state index >= 15 is 0 Å². The number of rotatable bonds is 3. The predicted octanol–water partition coefficient (Wildman–Crippen LogP) is 5.04. The highest BCUT2D eigenvalue weighted by Gasteiger charge is 2.10. The van der Waals surface area contributed by atoms with Gasteiger partial charge in [-0.15, -0.1) is 11.3 Å². The smallest absolute Gasteiger partial charge is 0.194 e. The SMILES string of the molecule is Cc1cc(Br)c(NCc2c(C)nc3sccn23)cc1Cl. The molecular formula is C14H13BrClN3S. The van der Waals surface area contributed by atoms with Crippen LogP contribution < -0.4 is 5.32 Å². The molecule has 2 heterocycles. The second-order valence-electron chi connectivity index (χ2n) is 4.63. The molecule has 0 amide bonds. The first-order valence-corrected chi connectivity index (χ1v) is 8.22. The molecule has 1 N–H and O–H groups in total. The molecule has 0 bridgehead atoms. The molecule has 104 valence electrons. The van der Waals surface area contributed by atoms with E-state index in [1.54, 1.807) is 11.3 Å². The van der Waals surface area contributed by atoms with Gasteiger partial charge in [0.2, 0.25) is 0 Å². The van der Waals surface area contributed by atoms with E-state index in [1.165, 1.54) is 5.69 Å². The quantitative estimate of drug-likeness (QED) is 0.700. The average molecular weight is 371 g/mol. The Morgan fingerprint density at radius 1 is 1.40 bits per heavy atom. The number of hydrogen-bond acceptors (Lipinski definition) is 3. The van der Waals surface area contributed by atoms with Crippen LogP contribution in [-0.4, -0.2) is 9.38 Å². The Balaban J connectivity index is 1.88. The summed E-state index contributed by atoms with van der Waals surface area (Å²) >= 11 is 11.4. The third kappa shape index (κ3) is 2.45. The molecule has 0 aliphatic carbocycles. The maximum atomic E-state index is 6.18. The van der Waals surface area contributed by atoms with Crippen molar-refractivity contribution in [2.24, 2.45) is 0 Å². The van der Waals surface area contributed by atoms with Gasteiger partial charge in [-0.05, 0) is 47.5 Å². The first-order valence-electron chi connectivity index (χ1n) is 6.17. The molecule has 1 aromatic carbocycles. The molecule has 0 unspecified atom stereocenters. The van der Waals surface area contributed by atoms with Gasteiger partial charge in [0, 0.05) is 21.1 Å². The van der Waals surface area contributed by atoms with E-state index in [2.05, 4.69) is 30.6 Å². The van der Waals surface area contributed by atoms with E-state index < -0.39 is 0 Å². The molecule has 0 aliphatic heterocycles. The zero-order valence-corrected chi connectivity index (χ0v) is 14.2. The van der Waals surface area contributed by atoms with Crippen LogP contribution in [0.25, 0.3) is 4.96 Å². The van der Waals surface area contributed by atoms with E-state index in [0.29, 0.717) is 6.54 Å². The third-order valence-corrected chi connectivity index (χ3v) is 5.08. The number of aromatic nitrogens is 2. The monoisotopic (exact) mass is 369 g/mol. The summed E-state index contributed by atoms with van der Waals surface area (Å²) in [7, 11) is 0. The minimum absolute atomic E-state index is 0.710. The van der Waals surface area contributed by atoms with Gasteiger partial charge < -0.3 is 5.32 Å².